The van der Waals surface area contributed by atoms with Crippen molar-refractivity contribution in [2.45, 2.75) is 26.2 Å². The number of hydrogen-bond donors (Lipinski definition) is 2. The summed E-state index contributed by atoms with van der Waals surface area (Å²) in [6.45, 7) is 3.35. The molecule has 1 aliphatic rings. The first kappa shape index (κ1) is 21.1. The highest BCUT2D eigenvalue weighted by atomic mass is 32.1. The third kappa shape index (κ3) is 4.94. The number of piperidine rings is 1. The van der Waals surface area contributed by atoms with Crippen LogP contribution in [-0.2, 0) is 11.2 Å². The molecule has 0 aliphatic carbocycles. The van der Waals surface area contributed by atoms with Gasteiger partial charge in [0.1, 0.15) is 4.88 Å². The van der Waals surface area contributed by atoms with Gasteiger partial charge in [-0.15, -0.1) is 11.3 Å². The molecule has 0 saturated carbocycles. The highest BCUT2D eigenvalue weighted by Gasteiger charge is 2.25. The number of thiazole rings is 1. The summed E-state index contributed by atoms with van der Waals surface area (Å²) in [5.41, 5.74) is 9.10. The number of nitrogens with one attached hydrogen (secondary N) is 1. The number of nitrogens with two attached hydrogens (primary N) is 1. The van der Waals surface area contributed by atoms with Crippen LogP contribution in [0.25, 0.3) is 0 Å². The van der Waals surface area contributed by atoms with E-state index in [2.05, 4.69) is 27.3 Å². The van der Waals surface area contributed by atoms with E-state index in [1.165, 1.54) is 16.9 Å². The molecule has 3 N–H and O–H groups in total. The molecule has 1 aliphatic heterocycles. The molecule has 1 saturated heterocycles. The molecule has 31 heavy (non-hydrogen) atoms. The quantitative estimate of drug-likeness (QED) is 0.614. The molecule has 0 bridgehead atoms. The molecular weight excluding hydrogens is 408 g/mol. The molecule has 0 atom stereocenters. The molecule has 3 aromatic rings. The van der Waals surface area contributed by atoms with Crippen molar-refractivity contribution in [2.24, 2.45) is 11.7 Å². The number of hydrogen-bond acceptors (Lipinski definition) is 5. The molecular formula is C24H26N4O2S. The van der Waals surface area contributed by atoms with Gasteiger partial charge in [-0.05, 0) is 37.5 Å². The van der Waals surface area contributed by atoms with E-state index in [4.69, 9.17) is 5.73 Å². The molecule has 2 amide bonds. The molecule has 160 valence electrons. The topological polar surface area (TPSA) is 88.3 Å². The number of rotatable bonds is 6. The number of nitrogens with zero attached hydrogens (tertiary/aromatic N) is 2. The van der Waals surface area contributed by atoms with Crippen molar-refractivity contribution < 1.29 is 9.59 Å². The number of primary amides is 1. The van der Waals surface area contributed by atoms with Crippen molar-refractivity contribution in [1.82, 2.24) is 4.98 Å². The minimum absolute atomic E-state index is 0.0686. The van der Waals surface area contributed by atoms with E-state index in [9.17, 15) is 9.59 Å². The standard InChI is InChI=1S/C24H26N4O2S/c1-16-22(31-21(26-16)15-17-7-3-2-4-8-17)24(30)27-19-9-5-6-10-20(19)28-13-11-18(12-14-28)23(25)29/h2-10,18H,11-15H2,1H3,(H2,25,29)(H,27,30). The molecule has 1 fully saturated rings. The molecule has 2 heterocycles. The maximum Gasteiger partial charge on any atom is 0.267 e. The molecule has 2 aromatic carbocycles. The SMILES string of the molecule is Cc1nc(Cc2ccccc2)sc1C(=O)Nc1ccccc1N1CCC(C(N)=O)CC1. The number of carbonyl (C=O) groups excluding carboxylic acids is 2. The monoisotopic (exact) mass is 434 g/mol. The Morgan fingerprint density at radius 3 is 2.48 bits per heavy atom. The lowest BCUT2D eigenvalue weighted by Gasteiger charge is -2.33. The fourth-order valence-corrected chi connectivity index (χ4v) is 4.94. The molecule has 4 rings (SSSR count). The van der Waals surface area contributed by atoms with Gasteiger partial charge in [0, 0.05) is 25.4 Å². The summed E-state index contributed by atoms with van der Waals surface area (Å²) in [5.74, 6) is -0.442. The molecule has 0 unspecified atom stereocenters. The van der Waals surface area contributed by atoms with Gasteiger partial charge in [-0.1, -0.05) is 42.5 Å². The maximum atomic E-state index is 13.1. The third-order valence-corrected chi connectivity index (χ3v) is 6.79. The highest BCUT2D eigenvalue weighted by molar-refractivity contribution is 7.14. The second-order valence-corrected chi connectivity index (χ2v) is 8.90. The second kappa shape index (κ2) is 9.31. The van der Waals surface area contributed by atoms with E-state index in [0.29, 0.717) is 11.3 Å². The Hall–Kier alpha value is -3.19. The number of carbonyl (C=O) groups is 2. The van der Waals surface area contributed by atoms with Gasteiger partial charge >= 0.3 is 0 Å². The van der Waals surface area contributed by atoms with Crippen LogP contribution in [0.2, 0.25) is 0 Å². The Morgan fingerprint density at radius 1 is 1.10 bits per heavy atom. The Labute approximate surface area is 186 Å². The zero-order valence-corrected chi connectivity index (χ0v) is 18.3. The Morgan fingerprint density at radius 2 is 1.77 bits per heavy atom. The highest BCUT2D eigenvalue weighted by Crippen LogP contribution is 2.31. The van der Waals surface area contributed by atoms with Crippen molar-refractivity contribution in [2.75, 3.05) is 23.3 Å². The van der Waals surface area contributed by atoms with Crippen molar-refractivity contribution in [3.63, 3.8) is 0 Å². The van der Waals surface area contributed by atoms with Gasteiger partial charge in [0.25, 0.3) is 5.91 Å². The number of benzene rings is 2. The van der Waals surface area contributed by atoms with E-state index in [-0.39, 0.29) is 17.7 Å². The van der Waals surface area contributed by atoms with Crippen molar-refractivity contribution in [3.05, 3.63) is 75.7 Å². The van der Waals surface area contributed by atoms with Gasteiger partial charge in [0.15, 0.2) is 0 Å². The van der Waals surface area contributed by atoms with E-state index in [1.54, 1.807) is 0 Å². The zero-order chi connectivity index (χ0) is 21.8. The predicted molar refractivity (Wildman–Crippen MR) is 125 cm³/mol. The smallest absolute Gasteiger partial charge is 0.267 e. The van der Waals surface area contributed by atoms with E-state index in [0.717, 1.165) is 48.0 Å². The summed E-state index contributed by atoms with van der Waals surface area (Å²) < 4.78 is 0. The van der Waals surface area contributed by atoms with E-state index >= 15 is 0 Å². The first-order chi connectivity index (χ1) is 15.0. The van der Waals surface area contributed by atoms with Crippen molar-refractivity contribution in [3.8, 4) is 0 Å². The Kier molecular flexibility index (Phi) is 6.32. The average molecular weight is 435 g/mol. The average Bonchev–Trinajstić information content (AvgIpc) is 3.15. The number of aryl methyl sites for hydroxylation is 1. The van der Waals surface area contributed by atoms with Crippen LogP contribution >= 0.6 is 11.3 Å². The Balaban J connectivity index is 1.48. The van der Waals surface area contributed by atoms with Gasteiger partial charge in [-0.25, -0.2) is 4.98 Å². The lowest BCUT2D eigenvalue weighted by Crippen LogP contribution is -2.38. The Bertz CT molecular complexity index is 1070. The second-order valence-electron chi connectivity index (χ2n) is 7.82. The molecule has 1 aromatic heterocycles. The summed E-state index contributed by atoms with van der Waals surface area (Å²) in [6, 6.07) is 17.9. The van der Waals surface area contributed by atoms with Gasteiger partial charge in [0.2, 0.25) is 5.91 Å². The number of anilines is 2. The van der Waals surface area contributed by atoms with Crippen LogP contribution in [-0.4, -0.2) is 29.9 Å². The largest absolute Gasteiger partial charge is 0.370 e. The van der Waals surface area contributed by atoms with Gasteiger partial charge in [-0.2, -0.15) is 0 Å². The lowest BCUT2D eigenvalue weighted by molar-refractivity contribution is -0.122. The number of amides is 2. The maximum absolute atomic E-state index is 13.1. The van der Waals surface area contributed by atoms with Crippen LogP contribution in [0.3, 0.4) is 0 Å². The molecule has 6 nitrogen and oxygen atoms in total. The lowest BCUT2D eigenvalue weighted by atomic mass is 9.96. The van der Waals surface area contributed by atoms with Crippen molar-refractivity contribution >= 4 is 34.5 Å². The molecule has 0 radical (unpaired) electrons. The van der Waals surface area contributed by atoms with Crippen LogP contribution in [0, 0.1) is 12.8 Å². The molecule has 7 heteroatoms. The summed E-state index contributed by atoms with van der Waals surface area (Å²) in [6.07, 6.45) is 2.17. The van der Waals surface area contributed by atoms with Crippen LogP contribution in [0.1, 0.15) is 38.8 Å². The minimum Gasteiger partial charge on any atom is -0.370 e. The van der Waals surface area contributed by atoms with E-state index in [1.807, 2.05) is 49.4 Å². The van der Waals surface area contributed by atoms with Crippen molar-refractivity contribution in [1.29, 1.82) is 0 Å². The normalized spacial score (nSPS) is 14.4. The van der Waals surface area contributed by atoms with Crippen LogP contribution in [0.5, 0.6) is 0 Å². The summed E-state index contributed by atoms with van der Waals surface area (Å²) >= 11 is 1.44. The molecule has 0 spiro atoms. The minimum atomic E-state index is -0.229. The van der Waals surface area contributed by atoms with Crippen LogP contribution < -0.4 is 16.0 Å². The third-order valence-electron chi connectivity index (χ3n) is 5.64. The predicted octanol–water partition coefficient (Wildman–Crippen LogP) is 4.00. The van der Waals surface area contributed by atoms with Gasteiger partial charge in [-0.3, -0.25) is 9.59 Å². The first-order valence-electron chi connectivity index (χ1n) is 10.5. The summed E-state index contributed by atoms with van der Waals surface area (Å²) in [4.78, 5) is 32.0. The summed E-state index contributed by atoms with van der Waals surface area (Å²) in [5, 5.41) is 4.00. The number of para-hydroxylation sites is 2. The van der Waals surface area contributed by atoms with E-state index < -0.39 is 0 Å². The number of aromatic nitrogens is 1. The fourth-order valence-electron chi connectivity index (χ4n) is 3.95. The fraction of sp³-hybridized carbons (Fsp3) is 0.292. The van der Waals surface area contributed by atoms with Crippen LogP contribution in [0.15, 0.2) is 54.6 Å². The summed E-state index contributed by atoms with van der Waals surface area (Å²) in [7, 11) is 0. The van der Waals surface area contributed by atoms with Gasteiger partial charge < -0.3 is 16.0 Å². The first-order valence-corrected chi connectivity index (χ1v) is 11.3. The van der Waals surface area contributed by atoms with Crippen LogP contribution in [0.4, 0.5) is 11.4 Å². The van der Waals surface area contributed by atoms with Gasteiger partial charge in [0.05, 0.1) is 22.1 Å². The zero-order valence-electron chi connectivity index (χ0n) is 17.5.